The fraction of sp³-hybridized carbons (Fsp3) is 0.176. The second-order valence-electron chi connectivity index (χ2n) is 5.31. The van der Waals surface area contributed by atoms with Crippen LogP contribution in [0.15, 0.2) is 42.5 Å². The zero-order valence-electron chi connectivity index (χ0n) is 13.2. The van der Waals surface area contributed by atoms with E-state index in [4.69, 9.17) is 11.6 Å². The second kappa shape index (κ2) is 7.15. The number of hydrogen-bond acceptors (Lipinski definition) is 3. The third-order valence-electron chi connectivity index (χ3n) is 3.28. The van der Waals surface area contributed by atoms with Gasteiger partial charge in [0.05, 0.1) is 0 Å². The van der Waals surface area contributed by atoms with Gasteiger partial charge in [0.25, 0.3) is 0 Å². The van der Waals surface area contributed by atoms with E-state index in [-0.39, 0.29) is 0 Å². The van der Waals surface area contributed by atoms with Crippen LogP contribution in [-0.4, -0.2) is 25.9 Å². The minimum atomic E-state index is -0.749. The summed E-state index contributed by atoms with van der Waals surface area (Å²) in [5.41, 5.74) is 2.93. The van der Waals surface area contributed by atoms with Gasteiger partial charge in [-0.15, -0.1) is 0 Å². The molecule has 0 aliphatic carbocycles. The van der Waals surface area contributed by atoms with Crippen molar-refractivity contribution < 1.29 is 9.59 Å². The molecule has 2 aromatic rings. The summed E-state index contributed by atoms with van der Waals surface area (Å²) in [5.74, 6) is -1.49. The summed E-state index contributed by atoms with van der Waals surface area (Å²) in [7, 11) is 3.85. The molecule has 0 unspecified atom stereocenters. The highest BCUT2D eigenvalue weighted by atomic mass is 35.5. The first-order valence-electron chi connectivity index (χ1n) is 7.02. The number of nitrogens with one attached hydrogen (secondary N) is 2. The average molecular weight is 332 g/mol. The van der Waals surface area contributed by atoms with Gasteiger partial charge in [0, 0.05) is 36.2 Å². The van der Waals surface area contributed by atoms with E-state index < -0.39 is 11.8 Å². The fourth-order valence-corrected chi connectivity index (χ4v) is 2.07. The molecular formula is C17H18ClN3O2. The summed E-state index contributed by atoms with van der Waals surface area (Å²) in [6.07, 6.45) is 0. The van der Waals surface area contributed by atoms with E-state index in [9.17, 15) is 9.59 Å². The molecule has 23 heavy (non-hydrogen) atoms. The number of benzene rings is 2. The number of aryl methyl sites for hydroxylation is 1. The van der Waals surface area contributed by atoms with Crippen LogP contribution in [0.3, 0.4) is 0 Å². The standard InChI is InChI=1S/C17H18ClN3O2/c1-11-4-5-13(10-15(11)18)20-17(23)16(22)19-12-6-8-14(9-7-12)21(2)3/h4-10H,1-3H3,(H,19,22)(H,20,23). The number of amides is 2. The summed E-state index contributed by atoms with van der Waals surface area (Å²) in [6, 6.07) is 12.3. The predicted octanol–water partition coefficient (Wildman–Crippen LogP) is 3.29. The van der Waals surface area contributed by atoms with E-state index in [1.54, 1.807) is 30.3 Å². The van der Waals surface area contributed by atoms with E-state index in [0.717, 1.165) is 11.3 Å². The molecular weight excluding hydrogens is 314 g/mol. The van der Waals surface area contributed by atoms with Gasteiger partial charge in [0.15, 0.2) is 0 Å². The number of halogens is 1. The van der Waals surface area contributed by atoms with E-state index in [0.29, 0.717) is 16.4 Å². The molecule has 2 aromatic carbocycles. The lowest BCUT2D eigenvalue weighted by molar-refractivity contribution is -0.132. The summed E-state index contributed by atoms with van der Waals surface area (Å²) in [4.78, 5) is 25.8. The molecule has 5 nitrogen and oxygen atoms in total. The molecule has 120 valence electrons. The van der Waals surface area contributed by atoms with E-state index in [1.807, 2.05) is 38.1 Å². The van der Waals surface area contributed by atoms with E-state index in [1.165, 1.54) is 0 Å². The zero-order chi connectivity index (χ0) is 17.0. The molecule has 0 atom stereocenters. The molecule has 0 saturated carbocycles. The van der Waals surface area contributed by atoms with Crippen molar-refractivity contribution >= 4 is 40.5 Å². The molecule has 0 bridgehead atoms. The van der Waals surface area contributed by atoms with Crippen LogP contribution in [0.4, 0.5) is 17.1 Å². The highest BCUT2D eigenvalue weighted by Crippen LogP contribution is 2.20. The Labute approximate surface area is 140 Å². The topological polar surface area (TPSA) is 61.4 Å². The molecule has 2 N–H and O–H groups in total. The molecule has 0 fully saturated rings. The monoisotopic (exact) mass is 331 g/mol. The van der Waals surface area contributed by atoms with Crippen LogP contribution < -0.4 is 15.5 Å². The van der Waals surface area contributed by atoms with Crippen LogP contribution in [-0.2, 0) is 9.59 Å². The normalized spacial score (nSPS) is 10.1. The van der Waals surface area contributed by atoms with Crippen LogP contribution in [0.5, 0.6) is 0 Å². The predicted molar refractivity (Wildman–Crippen MR) is 94.2 cm³/mol. The van der Waals surface area contributed by atoms with Gasteiger partial charge in [-0.3, -0.25) is 9.59 Å². The minimum Gasteiger partial charge on any atom is -0.378 e. The highest BCUT2D eigenvalue weighted by Gasteiger charge is 2.14. The zero-order valence-corrected chi connectivity index (χ0v) is 13.9. The SMILES string of the molecule is Cc1ccc(NC(=O)C(=O)Nc2ccc(N(C)C)cc2)cc1Cl. The molecule has 0 aliphatic rings. The largest absolute Gasteiger partial charge is 0.378 e. The lowest BCUT2D eigenvalue weighted by atomic mass is 10.2. The first-order chi connectivity index (χ1) is 10.9. The summed E-state index contributed by atoms with van der Waals surface area (Å²) >= 11 is 5.99. The van der Waals surface area contributed by atoms with Crippen LogP contribution in [0, 0.1) is 6.92 Å². The van der Waals surface area contributed by atoms with E-state index in [2.05, 4.69) is 10.6 Å². The van der Waals surface area contributed by atoms with Crippen LogP contribution in [0.25, 0.3) is 0 Å². The Hall–Kier alpha value is -2.53. The lowest BCUT2D eigenvalue weighted by Gasteiger charge is -2.13. The van der Waals surface area contributed by atoms with E-state index >= 15 is 0 Å². The molecule has 6 heteroatoms. The Kier molecular flexibility index (Phi) is 5.24. The molecule has 2 amide bonds. The Morgan fingerprint density at radius 2 is 1.43 bits per heavy atom. The van der Waals surface area contributed by atoms with Gasteiger partial charge in [0.2, 0.25) is 0 Å². The van der Waals surface area contributed by atoms with Gasteiger partial charge in [-0.1, -0.05) is 17.7 Å². The Morgan fingerprint density at radius 3 is 1.96 bits per heavy atom. The Balaban J connectivity index is 1.99. The van der Waals surface area contributed by atoms with Gasteiger partial charge in [-0.2, -0.15) is 0 Å². The van der Waals surface area contributed by atoms with Crippen molar-refractivity contribution in [2.45, 2.75) is 6.92 Å². The first-order valence-corrected chi connectivity index (χ1v) is 7.40. The third-order valence-corrected chi connectivity index (χ3v) is 3.68. The average Bonchev–Trinajstić information content (AvgIpc) is 2.51. The number of carbonyl (C=O) groups excluding carboxylic acids is 2. The number of hydrogen-bond donors (Lipinski definition) is 2. The van der Waals surface area contributed by atoms with Gasteiger partial charge >= 0.3 is 11.8 Å². The maximum Gasteiger partial charge on any atom is 0.314 e. The molecule has 2 rings (SSSR count). The molecule has 0 aliphatic heterocycles. The van der Waals surface area contributed by atoms with Gasteiger partial charge < -0.3 is 15.5 Å². The fourth-order valence-electron chi connectivity index (χ4n) is 1.89. The quantitative estimate of drug-likeness (QED) is 0.848. The molecule has 0 spiro atoms. The summed E-state index contributed by atoms with van der Waals surface area (Å²) in [6.45, 7) is 1.86. The smallest absolute Gasteiger partial charge is 0.314 e. The maximum atomic E-state index is 11.9. The van der Waals surface area contributed by atoms with Crippen molar-refractivity contribution in [1.82, 2.24) is 0 Å². The van der Waals surface area contributed by atoms with Gasteiger partial charge in [0.1, 0.15) is 0 Å². The number of nitrogens with zero attached hydrogens (tertiary/aromatic N) is 1. The number of carbonyl (C=O) groups is 2. The van der Waals surface area contributed by atoms with Crippen molar-refractivity contribution in [2.24, 2.45) is 0 Å². The number of anilines is 3. The van der Waals surface area contributed by atoms with Crippen molar-refractivity contribution in [3.63, 3.8) is 0 Å². The first kappa shape index (κ1) is 16.8. The molecule has 0 radical (unpaired) electrons. The van der Waals surface area contributed by atoms with Crippen LogP contribution in [0.1, 0.15) is 5.56 Å². The van der Waals surface area contributed by atoms with Crippen LogP contribution >= 0.6 is 11.6 Å². The van der Waals surface area contributed by atoms with Crippen molar-refractivity contribution in [3.05, 3.63) is 53.1 Å². The van der Waals surface area contributed by atoms with Crippen molar-refractivity contribution in [1.29, 1.82) is 0 Å². The van der Waals surface area contributed by atoms with Crippen molar-refractivity contribution in [3.8, 4) is 0 Å². The van der Waals surface area contributed by atoms with Crippen molar-refractivity contribution in [2.75, 3.05) is 29.6 Å². The Morgan fingerprint density at radius 1 is 0.913 bits per heavy atom. The third kappa shape index (κ3) is 4.47. The van der Waals surface area contributed by atoms with Crippen LogP contribution in [0.2, 0.25) is 5.02 Å². The highest BCUT2D eigenvalue weighted by molar-refractivity contribution is 6.43. The Bertz CT molecular complexity index is 727. The summed E-state index contributed by atoms with van der Waals surface area (Å²) < 4.78 is 0. The molecule has 0 heterocycles. The summed E-state index contributed by atoms with van der Waals surface area (Å²) in [5, 5.41) is 5.60. The number of rotatable bonds is 3. The molecule has 0 aromatic heterocycles. The van der Waals surface area contributed by atoms with Gasteiger partial charge in [-0.05, 0) is 48.9 Å². The maximum absolute atomic E-state index is 11.9. The molecule has 0 saturated heterocycles. The minimum absolute atomic E-state index is 0.476. The van der Waals surface area contributed by atoms with Gasteiger partial charge in [-0.25, -0.2) is 0 Å². The lowest BCUT2D eigenvalue weighted by Crippen LogP contribution is -2.29. The second-order valence-corrected chi connectivity index (χ2v) is 5.72.